The van der Waals surface area contributed by atoms with Gasteiger partial charge in [0, 0.05) is 24.4 Å². The van der Waals surface area contributed by atoms with E-state index in [-0.39, 0.29) is 24.0 Å². The minimum atomic E-state index is -0.455. The van der Waals surface area contributed by atoms with Gasteiger partial charge in [0.2, 0.25) is 0 Å². The topological polar surface area (TPSA) is 69.5 Å². The van der Waals surface area contributed by atoms with E-state index in [9.17, 15) is 5.11 Å². The van der Waals surface area contributed by atoms with Gasteiger partial charge in [-0.2, -0.15) is 0 Å². The molecule has 0 aliphatic heterocycles. The number of aliphatic hydroxyl groups excluding tert-OH is 1. The van der Waals surface area contributed by atoms with Crippen molar-refractivity contribution in [3.63, 3.8) is 0 Å². The predicted octanol–water partition coefficient (Wildman–Crippen LogP) is 3.04. The summed E-state index contributed by atoms with van der Waals surface area (Å²) in [6.07, 6.45) is 0.170. The molecule has 0 saturated heterocycles. The van der Waals surface area contributed by atoms with Crippen molar-refractivity contribution in [1.29, 1.82) is 0 Å². The molecule has 5 nitrogen and oxygen atoms in total. The molecule has 1 aromatic heterocycles. The number of nitrogens with zero attached hydrogens (tertiary/aromatic N) is 2. The molecule has 0 saturated carbocycles. The van der Waals surface area contributed by atoms with Crippen LogP contribution in [-0.4, -0.2) is 35.2 Å². The third kappa shape index (κ3) is 7.70. The fraction of sp³-hybridized carbons (Fsp3) is 0.444. The number of rotatable bonds is 7. The monoisotopic (exact) mass is 474 g/mol. The number of aryl methyl sites for hydroxylation is 2. The SMILES string of the molecule is CCNC(=NCc1sc(C)nc1C)NCC(O)Cc1ccccc1.I. The van der Waals surface area contributed by atoms with Gasteiger partial charge in [0.25, 0.3) is 0 Å². The van der Waals surface area contributed by atoms with Gasteiger partial charge in [-0.05, 0) is 26.3 Å². The number of aromatic nitrogens is 1. The van der Waals surface area contributed by atoms with Crippen LogP contribution in [0.15, 0.2) is 35.3 Å². The molecule has 1 aromatic carbocycles. The van der Waals surface area contributed by atoms with Crippen molar-refractivity contribution >= 4 is 41.3 Å². The van der Waals surface area contributed by atoms with Gasteiger partial charge in [0.05, 0.1) is 23.4 Å². The Labute approximate surface area is 171 Å². The molecule has 1 heterocycles. The predicted molar refractivity (Wildman–Crippen MR) is 116 cm³/mol. The average molecular weight is 474 g/mol. The lowest BCUT2D eigenvalue weighted by Crippen LogP contribution is -2.41. The Balaban J connectivity index is 0.00000312. The molecule has 0 aliphatic carbocycles. The summed E-state index contributed by atoms with van der Waals surface area (Å²) in [6, 6.07) is 10.0. The highest BCUT2D eigenvalue weighted by atomic mass is 127. The minimum Gasteiger partial charge on any atom is -0.391 e. The summed E-state index contributed by atoms with van der Waals surface area (Å²) in [4.78, 5) is 10.2. The van der Waals surface area contributed by atoms with Crippen molar-refractivity contribution in [3.8, 4) is 0 Å². The Morgan fingerprint density at radius 1 is 1.24 bits per heavy atom. The Hall–Kier alpha value is -1.19. The normalized spacial score (nSPS) is 12.4. The lowest BCUT2D eigenvalue weighted by Gasteiger charge is -2.15. The number of halogens is 1. The van der Waals surface area contributed by atoms with Crippen LogP contribution in [0.1, 0.15) is 28.1 Å². The van der Waals surface area contributed by atoms with Gasteiger partial charge < -0.3 is 15.7 Å². The van der Waals surface area contributed by atoms with E-state index in [1.807, 2.05) is 51.1 Å². The highest BCUT2D eigenvalue weighted by Gasteiger charge is 2.08. The number of aliphatic imine (C=N–C) groups is 1. The van der Waals surface area contributed by atoms with E-state index in [0.29, 0.717) is 19.5 Å². The Morgan fingerprint density at radius 2 is 1.96 bits per heavy atom. The van der Waals surface area contributed by atoms with Crippen LogP contribution < -0.4 is 10.6 Å². The first-order valence-corrected chi connectivity index (χ1v) is 9.07. The van der Waals surface area contributed by atoms with Crippen molar-refractivity contribution in [2.45, 2.75) is 39.8 Å². The first-order valence-electron chi connectivity index (χ1n) is 8.25. The third-order valence-electron chi connectivity index (χ3n) is 3.54. The van der Waals surface area contributed by atoms with Crippen molar-refractivity contribution in [2.75, 3.05) is 13.1 Å². The van der Waals surface area contributed by atoms with Crippen molar-refractivity contribution in [1.82, 2.24) is 15.6 Å². The zero-order chi connectivity index (χ0) is 17.4. The van der Waals surface area contributed by atoms with Crippen LogP contribution in [0, 0.1) is 13.8 Å². The largest absolute Gasteiger partial charge is 0.391 e. The molecule has 2 rings (SSSR count). The van der Waals surface area contributed by atoms with Crippen LogP contribution in [0.5, 0.6) is 0 Å². The number of aliphatic hydroxyl groups is 1. The van der Waals surface area contributed by atoms with E-state index >= 15 is 0 Å². The number of thiazole rings is 1. The molecule has 0 spiro atoms. The van der Waals surface area contributed by atoms with Gasteiger partial charge >= 0.3 is 0 Å². The molecule has 7 heteroatoms. The summed E-state index contributed by atoms with van der Waals surface area (Å²) >= 11 is 1.68. The first-order chi connectivity index (χ1) is 11.6. The number of hydrogen-bond acceptors (Lipinski definition) is 4. The van der Waals surface area contributed by atoms with Crippen LogP contribution in [0.25, 0.3) is 0 Å². The first kappa shape index (κ1) is 21.9. The molecule has 3 N–H and O–H groups in total. The van der Waals surface area contributed by atoms with E-state index in [2.05, 4.69) is 20.6 Å². The third-order valence-corrected chi connectivity index (χ3v) is 4.60. The van der Waals surface area contributed by atoms with E-state index in [1.165, 1.54) is 4.88 Å². The number of hydrogen-bond donors (Lipinski definition) is 3. The van der Waals surface area contributed by atoms with Gasteiger partial charge in [-0.25, -0.2) is 9.98 Å². The molecular weight excluding hydrogens is 447 g/mol. The van der Waals surface area contributed by atoms with Crippen LogP contribution in [0.4, 0.5) is 0 Å². The highest BCUT2D eigenvalue weighted by Crippen LogP contribution is 2.17. The van der Waals surface area contributed by atoms with Crippen LogP contribution in [-0.2, 0) is 13.0 Å². The standard InChI is InChI=1S/C18H26N4OS.HI/c1-4-19-18(21-12-17-13(2)22-14(3)24-17)20-11-16(23)10-15-8-6-5-7-9-15;/h5-9,16,23H,4,10-12H2,1-3H3,(H2,19,20,21);1H. The molecule has 1 atom stereocenters. The molecule has 0 fully saturated rings. The zero-order valence-corrected chi connectivity index (χ0v) is 18.1. The molecule has 1 unspecified atom stereocenters. The van der Waals surface area contributed by atoms with Crippen molar-refractivity contribution in [3.05, 3.63) is 51.5 Å². The lowest BCUT2D eigenvalue weighted by molar-refractivity contribution is 0.177. The van der Waals surface area contributed by atoms with Gasteiger partial charge in [-0.1, -0.05) is 30.3 Å². The Morgan fingerprint density at radius 3 is 2.56 bits per heavy atom. The molecule has 0 radical (unpaired) electrons. The van der Waals surface area contributed by atoms with Crippen LogP contribution >= 0.6 is 35.3 Å². The summed E-state index contributed by atoms with van der Waals surface area (Å²) in [6.45, 7) is 7.89. The fourth-order valence-corrected chi connectivity index (χ4v) is 3.25. The summed E-state index contributed by atoms with van der Waals surface area (Å²) in [5, 5.41) is 17.7. The number of guanidine groups is 1. The zero-order valence-electron chi connectivity index (χ0n) is 15.0. The second-order valence-electron chi connectivity index (χ2n) is 5.66. The summed E-state index contributed by atoms with van der Waals surface area (Å²) in [5.41, 5.74) is 2.17. The molecule has 0 aliphatic rings. The molecule has 0 bridgehead atoms. The van der Waals surface area contributed by atoms with Gasteiger partial charge in [0.15, 0.2) is 5.96 Å². The van der Waals surface area contributed by atoms with E-state index in [0.717, 1.165) is 28.8 Å². The van der Waals surface area contributed by atoms with E-state index in [1.54, 1.807) is 11.3 Å². The van der Waals surface area contributed by atoms with Crippen molar-refractivity contribution in [2.24, 2.45) is 4.99 Å². The van der Waals surface area contributed by atoms with Crippen LogP contribution in [0.3, 0.4) is 0 Å². The van der Waals surface area contributed by atoms with Gasteiger partial charge in [-0.3, -0.25) is 0 Å². The quantitative estimate of drug-likeness (QED) is 0.328. The van der Waals surface area contributed by atoms with Gasteiger partial charge in [-0.15, -0.1) is 35.3 Å². The highest BCUT2D eigenvalue weighted by molar-refractivity contribution is 14.0. The van der Waals surface area contributed by atoms with Crippen LogP contribution in [0.2, 0.25) is 0 Å². The summed E-state index contributed by atoms with van der Waals surface area (Å²) in [5.74, 6) is 0.718. The molecule has 138 valence electrons. The second kappa shape index (κ2) is 11.4. The molecular formula is C18H27IN4OS. The molecule has 0 amide bonds. The van der Waals surface area contributed by atoms with Gasteiger partial charge in [0.1, 0.15) is 0 Å². The maximum absolute atomic E-state index is 10.2. The van der Waals surface area contributed by atoms with E-state index < -0.39 is 6.10 Å². The number of nitrogens with one attached hydrogen (secondary N) is 2. The molecule has 2 aromatic rings. The summed E-state index contributed by atoms with van der Waals surface area (Å²) < 4.78 is 0. The Kier molecular flexibility index (Phi) is 9.99. The maximum atomic E-state index is 10.2. The summed E-state index contributed by atoms with van der Waals surface area (Å²) in [7, 11) is 0. The maximum Gasteiger partial charge on any atom is 0.191 e. The Bertz CT molecular complexity index is 660. The average Bonchev–Trinajstić information content (AvgIpc) is 2.88. The van der Waals surface area contributed by atoms with Crippen molar-refractivity contribution < 1.29 is 5.11 Å². The lowest BCUT2D eigenvalue weighted by atomic mass is 10.1. The minimum absolute atomic E-state index is 0. The van der Waals surface area contributed by atoms with E-state index in [4.69, 9.17) is 0 Å². The second-order valence-corrected chi connectivity index (χ2v) is 6.95. The smallest absolute Gasteiger partial charge is 0.191 e. The fourth-order valence-electron chi connectivity index (χ4n) is 2.39. The molecule has 25 heavy (non-hydrogen) atoms. The number of benzene rings is 1.